The van der Waals surface area contributed by atoms with E-state index in [0.717, 1.165) is 23.4 Å². The largest absolute Gasteiger partial charge is 0.391 e. The highest BCUT2D eigenvalue weighted by atomic mass is 16.5. The van der Waals surface area contributed by atoms with E-state index in [4.69, 9.17) is 4.52 Å². The van der Waals surface area contributed by atoms with E-state index >= 15 is 0 Å². The zero-order chi connectivity index (χ0) is 14.4. The zero-order valence-electron chi connectivity index (χ0n) is 12.2. The maximum absolute atomic E-state index is 11.9. The van der Waals surface area contributed by atoms with Crippen LogP contribution in [0.2, 0.25) is 0 Å². The number of aromatic nitrogens is 1. The van der Waals surface area contributed by atoms with Gasteiger partial charge in [0.05, 0.1) is 11.8 Å². The molecule has 0 aliphatic heterocycles. The van der Waals surface area contributed by atoms with Crippen LogP contribution in [0.25, 0.3) is 0 Å². The molecule has 2 N–H and O–H groups in total. The predicted octanol–water partition coefficient (Wildman–Crippen LogP) is 1.75. The molecular formula is C14H24N2O3. The molecule has 1 heterocycles. The molecule has 0 spiro atoms. The number of hydrogen-bond acceptors (Lipinski definition) is 4. The Morgan fingerprint density at radius 2 is 2.16 bits per heavy atom. The second-order valence-electron chi connectivity index (χ2n) is 5.10. The number of hydrogen-bond donors (Lipinski definition) is 2. The Kier molecular flexibility index (Phi) is 6.02. The summed E-state index contributed by atoms with van der Waals surface area (Å²) in [6, 6.07) is 0. The lowest BCUT2D eigenvalue weighted by molar-refractivity contribution is -0.124. The van der Waals surface area contributed by atoms with Crippen LogP contribution >= 0.6 is 0 Å². The Morgan fingerprint density at radius 1 is 1.47 bits per heavy atom. The number of carbonyl (C=O) groups excluding carboxylic acids is 1. The first-order valence-corrected chi connectivity index (χ1v) is 6.83. The molecule has 0 saturated heterocycles. The SMILES string of the molecule is CCCC(O)CNC(=O)C(C)Cc1c(C)noc1C. The molecule has 5 heteroatoms. The fraction of sp³-hybridized carbons (Fsp3) is 0.714. The lowest BCUT2D eigenvalue weighted by Crippen LogP contribution is -2.36. The molecule has 1 aromatic heterocycles. The van der Waals surface area contributed by atoms with Crippen LogP contribution in [0, 0.1) is 19.8 Å². The lowest BCUT2D eigenvalue weighted by Gasteiger charge is -2.14. The summed E-state index contributed by atoms with van der Waals surface area (Å²) < 4.78 is 5.08. The Bertz CT molecular complexity index is 395. The van der Waals surface area contributed by atoms with Crippen molar-refractivity contribution >= 4 is 5.91 Å². The average molecular weight is 268 g/mol. The van der Waals surface area contributed by atoms with Gasteiger partial charge in [0.2, 0.25) is 5.91 Å². The highest BCUT2D eigenvalue weighted by Crippen LogP contribution is 2.17. The topological polar surface area (TPSA) is 75.4 Å². The zero-order valence-corrected chi connectivity index (χ0v) is 12.2. The van der Waals surface area contributed by atoms with Gasteiger partial charge in [-0.1, -0.05) is 25.4 Å². The summed E-state index contributed by atoms with van der Waals surface area (Å²) in [7, 11) is 0. The van der Waals surface area contributed by atoms with Gasteiger partial charge < -0.3 is 14.9 Å². The summed E-state index contributed by atoms with van der Waals surface area (Å²) in [5.74, 6) is 0.559. The molecule has 108 valence electrons. The van der Waals surface area contributed by atoms with E-state index in [2.05, 4.69) is 10.5 Å². The van der Waals surface area contributed by atoms with Crippen molar-refractivity contribution in [2.24, 2.45) is 5.92 Å². The van der Waals surface area contributed by atoms with Crippen LogP contribution in [-0.4, -0.2) is 28.8 Å². The molecule has 1 amide bonds. The molecule has 0 aromatic carbocycles. The number of aliphatic hydroxyl groups excluding tert-OH is 1. The summed E-state index contributed by atoms with van der Waals surface area (Å²) in [4.78, 5) is 11.9. The van der Waals surface area contributed by atoms with Gasteiger partial charge in [-0.15, -0.1) is 0 Å². The molecular weight excluding hydrogens is 244 g/mol. The Balaban J connectivity index is 2.45. The van der Waals surface area contributed by atoms with Gasteiger partial charge in [0.1, 0.15) is 5.76 Å². The molecule has 2 unspecified atom stereocenters. The first-order chi connectivity index (χ1) is 8.95. The van der Waals surface area contributed by atoms with Crippen LogP contribution in [0.3, 0.4) is 0 Å². The molecule has 1 aromatic rings. The van der Waals surface area contributed by atoms with Crippen molar-refractivity contribution in [2.45, 2.75) is 53.1 Å². The third kappa shape index (κ3) is 4.67. The molecule has 0 bridgehead atoms. The third-order valence-electron chi connectivity index (χ3n) is 3.27. The number of nitrogens with one attached hydrogen (secondary N) is 1. The van der Waals surface area contributed by atoms with Crippen molar-refractivity contribution in [2.75, 3.05) is 6.54 Å². The van der Waals surface area contributed by atoms with Crippen molar-refractivity contribution < 1.29 is 14.4 Å². The van der Waals surface area contributed by atoms with Gasteiger partial charge in [-0.2, -0.15) is 0 Å². The molecule has 1 rings (SSSR count). The molecule has 19 heavy (non-hydrogen) atoms. The van der Waals surface area contributed by atoms with Gasteiger partial charge in [-0.25, -0.2) is 0 Å². The number of aliphatic hydroxyl groups is 1. The lowest BCUT2D eigenvalue weighted by atomic mass is 9.99. The van der Waals surface area contributed by atoms with Crippen molar-refractivity contribution in [1.29, 1.82) is 0 Å². The van der Waals surface area contributed by atoms with Gasteiger partial charge in [0.25, 0.3) is 0 Å². The van der Waals surface area contributed by atoms with Crippen LogP contribution in [0.4, 0.5) is 0 Å². The maximum Gasteiger partial charge on any atom is 0.223 e. The second-order valence-corrected chi connectivity index (χ2v) is 5.10. The highest BCUT2D eigenvalue weighted by molar-refractivity contribution is 5.78. The van der Waals surface area contributed by atoms with Gasteiger partial charge in [-0.05, 0) is 26.7 Å². The Morgan fingerprint density at radius 3 is 2.68 bits per heavy atom. The standard InChI is InChI=1S/C14H24N2O3/c1-5-6-12(17)8-15-14(18)9(2)7-13-10(3)16-19-11(13)4/h9,12,17H,5-8H2,1-4H3,(H,15,18). The first kappa shape index (κ1) is 15.7. The molecule has 0 aliphatic rings. The van der Waals surface area contributed by atoms with Crippen LogP contribution in [0.1, 0.15) is 43.7 Å². The van der Waals surface area contributed by atoms with E-state index in [0.29, 0.717) is 19.4 Å². The van der Waals surface area contributed by atoms with Gasteiger partial charge >= 0.3 is 0 Å². The van der Waals surface area contributed by atoms with Crippen LogP contribution in [0.15, 0.2) is 4.52 Å². The average Bonchev–Trinajstić information content (AvgIpc) is 2.68. The fourth-order valence-electron chi connectivity index (χ4n) is 2.02. The smallest absolute Gasteiger partial charge is 0.223 e. The van der Waals surface area contributed by atoms with Crippen molar-refractivity contribution in [3.8, 4) is 0 Å². The van der Waals surface area contributed by atoms with Crippen LogP contribution < -0.4 is 5.32 Å². The van der Waals surface area contributed by atoms with E-state index in [1.54, 1.807) is 0 Å². The minimum Gasteiger partial charge on any atom is -0.391 e. The van der Waals surface area contributed by atoms with Gasteiger partial charge in [0.15, 0.2) is 0 Å². The number of nitrogens with zero attached hydrogens (tertiary/aromatic N) is 1. The number of carbonyl (C=O) groups is 1. The molecule has 5 nitrogen and oxygen atoms in total. The summed E-state index contributed by atoms with van der Waals surface area (Å²) in [5, 5.41) is 16.2. The van der Waals surface area contributed by atoms with Crippen molar-refractivity contribution in [3.05, 3.63) is 17.0 Å². The molecule has 0 fully saturated rings. The highest BCUT2D eigenvalue weighted by Gasteiger charge is 2.18. The summed E-state index contributed by atoms with van der Waals surface area (Å²) in [6.45, 7) is 7.92. The summed E-state index contributed by atoms with van der Waals surface area (Å²) in [5.41, 5.74) is 1.83. The van der Waals surface area contributed by atoms with E-state index in [1.807, 2.05) is 27.7 Å². The number of rotatable bonds is 7. The Labute approximate surface area is 114 Å². The monoisotopic (exact) mass is 268 g/mol. The van der Waals surface area contributed by atoms with Gasteiger partial charge in [-0.3, -0.25) is 4.79 Å². The maximum atomic E-state index is 11.9. The summed E-state index contributed by atoms with van der Waals surface area (Å²) >= 11 is 0. The van der Waals surface area contributed by atoms with Crippen LogP contribution in [-0.2, 0) is 11.2 Å². The van der Waals surface area contributed by atoms with Crippen LogP contribution in [0.5, 0.6) is 0 Å². The third-order valence-corrected chi connectivity index (χ3v) is 3.27. The fourth-order valence-corrected chi connectivity index (χ4v) is 2.02. The van der Waals surface area contributed by atoms with E-state index < -0.39 is 6.10 Å². The van der Waals surface area contributed by atoms with Crippen molar-refractivity contribution in [1.82, 2.24) is 10.5 Å². The molecule has 2 atom stereocenters. The normalized spacial score (nSPS) is 14.2. The molecule has 0 aliphatic carbocycles. The van der Waals surface area contributed by atoms with E-state index in [1.165, 1.54) is 0 Å². The quantitative estimate of drug-likeness (QED) is 0.790. The number of amides is 1. The molecule has 0 saturated carbocycles. The first-order valence-electron chi connectivity index (χ1n) is 6.83. The Hall–Kier alpha value is -1.36. The molecule has 0 radical (unpaired) electrons. The van der Waals surface area contributed by atoms with E-state index in [9.17, 15) is 9.90 Å². The predicted molar refractivity (Wildman–Crippen MR) is 72.8 cm³/mol. The minimum atomic E-state index is -0.458. The second kappa shape index (κ2) is 7.28. The van der Waals surface area contributed by atoms with E-state index in [-0.39, 0.29) is 11.8 Å². The summed E-state index contributed by atoms with van der Waals surface area (Å²) in [6.07, 6.45) is 1.77. The van der Waals surface area contributed by atoms with Gasteiger partial charge in [0, 0.05) is 18.0 Å². The van der Waals surface area contributed by atoms with Crippen molar-refractivity contribution in [3.63, 3.8) is 0 Å². The minimum absolute atomic E-state index is 0.0462. The number of aryl methyl sites for hydroxylation is 2.